The van der Waals surface area contributed by atoms with Gasteiger partial charge in [0.15, 0.2) is 0 Å². The van der Waals surface area contributed by atoms with Crippen LogP contribution in [0.3, 0.4) is 0 Å². The summed E-state index contributed by atoms with van der Waals surface area (Å²) >= 11 is 7.80. The molecule has 1 unspecified atom stereocenters. The first-order valence-corrected chi connectivity index (χ1v) is 5.93. The lowest BCUT2D eigenvalue weighted by molar-refractivity contribution is 0.693. The maximum absolute atomic E-state index is 6.12. The van der Waals surface area contributed by atoms with Crippen LogP contribution in [-0.4, -0.2) is 12.0 Å². The molecule has 2 nitrogen and oxygen atoms in total. The van der Waals surface area contributed by atoms with Gasteiger partial charge in [0.1, 0.15) is 0 Å². The molecule has 0 spiro atoms. The molecule has 0 aliphatic rings. The van der Waals surface area contributed by atoms with Crippen molar-refractivity contribution in [3.8, 4) is 0 Å². The van der Waals surface area contributed by atoms with Gasteiger partial charge >= 0.3 is 0 Å². The monoisotopic (exact) mass is 238 g/mol. The minimum Gasteiger partial charge on any atom is -0.309 e. The number of hydrogen-bond donors (Lipinski definition) is 1. The van der Waals surface area contributed by atoms with Crippen LogP contribution in [-0.2, 0) is 0 Å². The Balaban J connectivity index is 2.40. The molecule has 1 N–H and O–H groups in total. The topological polar surface area (TPSA) is 24.9 Å². The Kier molecular flexibility index (Phi) is 3.36. The SMILES string of the molecule is CNC(c1ccsc1)c1ccncc1Cl. The molecule has 2 aromatic rings. The molecule has 0 fully saturated rings. The standard InChI is InChI=1S/C11H11ClN2S/c1-13-11(8-3-5-15-7-8)9-2-4-14-6-10(9)12/h2-7,11,13H,1H3. The molecule has 0 aliphatic heterocycles. The Hall–Kier alpha value is -0.900. The molecule has 0 radical (unpaired) electrons. The van der Waals surface area contributed by atoms with E-state index in [1.807, 2.05) is 13.1 Å². The van der Waals surface area contributed by atoms with Crippen LogP contribution in [0, 0.1) is 0 Å². The van der Waals surface area contributed by atoms with Gasteiger partial charge in [-0.1, -0.05) is 11.6 Å². The lowest BCUT2D eigenvalue weighted by atomic mass is 10.0. The summed E-state index contributed by atoms with van der Waals surface area (Å²) in [5.74, 6) is 0. The molecule has 4 heteroatoms. The quantitative estimate of drug-likeness (QED) is 0.889. The molecule has 78 valence electrons. The number of rotatable bonds is 3. The molecule has 0 saturated heterocycles. The molecule has 2 aromatic heterocycles. The zero-order chi connectivity index (χ0) is 10.7. The second-order valence-corrected chi connectivity index (χ2v) is 4.36. The first-order valence-electron chi connectivity index (χ1n) is 4.61. The average Bonchev–Trinajstić information content (AvgIpc) is 2.75. The normalized spacial score (nSPS) is 12.7. The van der Waals surface area contributed by atoms with E-state index in [0.717, 1.165) is 5.56 Å². The highest BCUT2D eigenvalue weighted by molar-refractivity contribution is 7.08. The van der Waals surface area contributed by atoms with E-state index >= 15 is 0 Å². The van der Waals surface area contributed by atoms with Crippen LogP contribution in [0.25, 0.3) is 0 Å². The molecular formula is C11H11ClN2S. The Morgan fingerprint density at radius 2 is 2.33 bits per heavy atom. The van der Waals surface area contributed by atoms with Crippen molar-refractivity contribution < 1.29 is 0 Å². The van der Waals surface area contributed by atoms with E-state index in [1.165, 1.54) is 5.56 Å². The van der Waals surface area contributed by atoms with E-state index < -0.39 is 0 Å². The van der Waals surface area contributed by atoms with Crippen molar-refractivity contribution in [3.05, 3.63) is 51.4 Å². The largest absolute Gasteiger partial charge is 0.309 e. The molecule has 15 heavy (non-hydrogen) atoms. The Morgan fingerprint density at radius 3 is 2.93 bits per heavy atom. The number of pyridine rings is 1. The van der Waals surface area contributed by atoms with Gasteiger partial charge in [-0.3, -0.25) is 4.98 Å². The second-order valence-electron chi connectivity index (χ2n) is 3.18. The van der Waals surface area contributed by atoms with E-state index in [2.05, 4.69) is 27.1 Å². The fourth-order valence-corrected chi connectivity index (χ4v) is 2.48. The van der Waals surface area contributed by atoms with Crippen LogP contribution < -0.4 is 5.32 Å². The number of nitrogens with one attached hydrogen (secondary N) is 1. The summed E-state index contributed by atoms with van der Waals surface area (Å²) in [7, 11) is 1.93. The molecule has 2 heterocycles. The van der Waals surface area contributed by atoms with Gasteiger partial charge in [-0.25, -0.2) is 0 Å². The van der Waals surface area contributed by atoms with E-state index in [4.69, 9.17) is 11.6 Å². The molecule has 0 amide bonds. The predicted molar refractivity (Wildman–Crippen MR) is 64.5 cm³/mol. The van der Waals surface area contributed by atoms with Gasteiger partial charge in [-0.05, 0) is 41.1 Å². The van der Waals surface area contributed by atoms with Crippen LogP contribution in [0.5, 0.6) is 0 Å². The minimum absolute atomic E-state index is 0.145. The average molecular weight is 239 g/mol. The number of halogens is 1. The zero-order valence-corrected chi connectivity index (χ0v) is 9.85. The number of hydrogen-bond acceptors (Lipinski definition) is 3. The Labute approximate surface area is 97.9 Å². The van der Waals surface area contributed by atoms with Crippen molar-refractivity contribution >= 4 is 22.9 Å². The zero-order valence-electron chi connectivity index (χ0n) is 8.27. The molecular weight excluding hydrogens is 228 g/mol. The minimum atomic E-state index is 0.145. The van der Waals surface area contributed by atoms with Gasteiger partial charge in [0, 0.05) is 12.4 Å². The number of aromatic nitrogens is 1. The van der Waals surface area contributed by atoms with Crippen LogP contribution in [0.1, 0.15) is 17.2 Å². The third-order valence-electron chi connectivity index (χ3n) is 2.28. The van der Waals surface area contributed by atoms with Gasteiger partial charge in [0.2, 0.25) is 0 Å². The van der Waals surface area contributed by atoms with Crippen molar-refractivity contribution in [3.63, 3.8) is 0 Å². The van der Waals surface area contributed by atoms with Crippen molar-refractivity contribution in [1.29, 1.82) is 0 Å². The fraction of sp³-hybridized carbons (Fsp3) is 0.182. The molecule has 0 bridgehead atoms. The fourth-order valence-electron chi connectivity index (χ4n) is 1.56. The van der Waals surface area contributed by atoms with Crippen molar-refractivity contribution in [2.45, 2.75) is 6.04 Å². The van der Waals surface area contributed by atoms with Gasteiger partial charge in [0.05, 0.1) is 11.1 Å². The van der Waals surface area contributed by atoms with Crippen LogP contribution in [0.2, 0.25) is 5.02 Å². The smallest absolute Gasteiger partial charge is 0.0640 e. The maximum Gasteiger partial charge on any atom is 0.0640 e. The third-order valence-corrected chi connectivity index (χ3v) is 3.30. The van der Waals surface area contributed by atoms with E-state index in [-0.39, 0.29) is 6.04 Å². The first kappa shape index (κ1) is 10.6. The highest BCUT2D eigenvalue weighted by Gasteiger charge is 2.14. The summed E-state index contributed by atoms with van der Waals surface area (Å²) in [6, 6.07) is 4.19. The molecule has 0 aliphatic carbocycles. The summed E-state index contributed by atoms with van der Waals surface area (Å²) < 4.78 is 0. The maximum atomic E-state index is 6.12. The van der Waals surface area contributed by atoms with E-state index in [0.29, 0.717) is 5.02 Å². The molecule has 2 rings (SSSR count). The first-order chi connectivity index (χ1) is 7.33. The highest BCUT2D eigenvalue weighted by atomic mass is 35.5. The summed E-state index contributed by atoms with van der Waals surface area (Å²) in [6.45, 7) is 0. The molecule has 1 atom stereocenters. The lowest BCUT2D eigenvalue weighted by Crippen LogP contribution is -2.17. The highest BCUT2D eigenvalue weighted by Crippen LogP contribution is 2.28. The molecule has 0 aromatic carbocycles. The van der Waals surface area contributed by atoms with E-state index in [9.17, 15) is 0 Å². The van der Waals surface area contributed by atoms with Crippen LogP contribution >= 0.6 is 22.9 Å². The summed E-state index contributed by atoms with van der Waals surface area (Å²) in [5.41, 5.74) is 2.29. The summed E-state index contributed by atoms with van der Waals surface area (Å²) in [5, 5.41) is 8.14. The van der Waals surface area contributed by atoms with Crippen LogP contribution in [0.4, 0.5) is 0 Å². The second kappa shape index (κ2) is 4.75. The van der Waals surface area contributed by atoms with Crippen molar-refractivity contribution in [1.82, 2.24) is 10.3 Å². The van der Waals surface area contributed by atoms with Crippen molar-refractivity contribution in [2.24, 2.45) is 0 Å². The van der Waals surface area contributed by atoms with Gasteiger partial charge in [-0.2, -0.15) is 11.3 Å². The predicted octanol–water partition coefficient (Wildman–Crippen LogP) is 3.11. The van der Waals surface area contributed by atoms with Gasteiger partial charge in [-0.15, -0.1) is 0 Å². The summed E-state index contributed by atoms with van der Waals surface area (Å²) in [4.78, 5) is 3.99. The van der Waals surface area contributed by atoms with Gasteiger partial charge in [0.25, 0.3) is 0 Å². The van der Waals surface area contributed by atoms with Gasteiger partial charge < -0.3 is 5.32 Å². The Morgan fingerprint density at radius 1 is 1.47 bits per heavy atom. The van der Waals surface area contributed by atoms with E-state index in [1.54, 1.807) is 23.7 Å². The third kappa shape index (κ3) is 2.20. The number of thiophene rings is 1. The molecule has 0 saturated carbocycles. The van der Waals surface area contributed by atoms with Crippen LogP contribution in [0.15, 0.2) is 35.3 Å². The summed E-state index contributed by atoms with van der Waals surface area (Å²) in [6.07, 6.45) is 3.44. The van der Waals surface area contributed by atoms with Crippen molar-refractivity contribution in [2.75, 3.05) is 7.05 Å². The lowest BCUT2D eigenvalue weighted by Gasteiger charge is -2.16. The Bertz CT molecular complexity index is 428. The number of nitrogens with zero attached hydrogens (tertiary/aromatic N) is 1.